The Bertz CT molecular complexity index is 284. The number of rotatable bonds is 4. The molecule has 0 aliphatic rings. The van der Waals surface area contributed by atoms with Crippen molar-refractivity contribution in [1.82, 2.24) is 10.7 Å². The second kappa shape index (κ2) is 5.51. The molecule has 78 valence electrons. The van der Waals surface area contributed by atoms with Crippen LogP contribution in [0.1, 0.15) is 6.92 Å². The molecule has 0 aliphatic carbocycles. The minimum absolute atomic E-state index is 0.0430. The highest BCUT2D eigenvalue weighted by atomic mass is 16.2. The predicted octanol–water partition coefficient (Wildman–Crippen LogP) is -2.55. The molecule has 0 bridgehead atoms. The number of nitrogens with two attached hydrogens (primary N) is 2. The van der Waals surface area contributed by atoms with Crippen molar-refractivity contribution >= 4 is 23.5 Å². The summed E-state index contributed by atoms with van der Waals surface area (Å²) in [7, 11) is 0. The van der Waals surface area contributed by atoms with Crippen LogP contribution in [-0.2, 0) is 9.59 Å². The SMILES string of the molecule is C/C(=N\NC(=N)N)C(=O)NCC(N)=O. The topological polar surface area (TPSA) is 146 Å². The molecule has 8 heteroatoms. The van der Waals surface area contributed by atoms with E-state index < -0.39 is 11.8 Å². The molecule has 0 radical (unpaired) electrons. The van der Waals surface area contributed by atoms with Crippen LogP contribution in [0.5, 0.6) is 0 Å². The average Bonchev–Trinajstić information content (AvgIpc) is 2.09. The number of hydrogen-bond donors (Lipinski definition) is 5. The number of guanidine groups is 1. The van der Waals surface area contributed by atoms with Gasteiger partial charge in [-0.05, 0) is 6.92 Å². The number of primary amides is 1. The molecular formula is C6H12N6O2. The molecule has 0 saturated heterocycles. The minimum atomic E-state index is -0.648. The molecule has 0 atom stereocenters. The van der Waals surface area contributed by atoms with Crippen LogP contribution in [0, 0.1) is 5.41 Å². The normalized spacial score (nSPS) is 10.5. The standard InChI is InChI=1S/C6H12N6O2/c1-3(11-12-6(8)9)5(14)10-2-4(7)13/h2H2,1H3,(H2,7,13)(H,10,14)(H4,8,9,12)/b11-3+. The number of nitrogens with one attached hydrogen (secondary N) is 3. The van der Waals surface area contributed by atoms with Crippen molar-refractivity contribution in [1.29, 1.82) is 5.41 Å². The Balaban J connectivity index is 4.04. The first kappa shape index (κ1) is 11.9. The summed E-state index contributed by atoms with van der Waals surface area (Å²) >= 11 is 0. The second-order valence-corrected chi connectivity index (χ2v) is 2.37. The van der Waals surface area contributed by atoms with E-state index in [1.165, 1.54) is 6.92 Å². The Morgan fingerprint density at radius 2 is 2.00 bits per heavy atom. The number of carbonyl (C=O) groups is 2. The molecule has 0 aromatic heterocycles. The van der Waals surface area contributed by atoms with Crippen molar-refractivity contribution in [2.45, 2.75) is 6.92 Å². The van der Waals surface area contributed by atoms with Gasteiger partial charge in [-0.1, -0.05) is 0 Å². The molecule has 0 aliphatic heterocycles. The third-order valence-corrected chi connectivity index (χ3v) is 1.10. The van der Waals surface area contributed by atoms with Crippen molar-refractivity contribution in [3.05, 3.63) is 0 Å². The summed E-state index contributed by atoms with van der Waals surface area (Å²) in [5.41, 5.74) is 11.9. The Labute approximate surface area is 80.2 Å². The van der Waals surface area contributed by atoms with E-state index in [4.69, 9.17) is 16.9 Å². The fraction of sp³-hybridized carbons (Fsp3) is 0.333. The van der Waals surface area contributed by atoms with Gasteiger partial charge in [-0.15, -0.1) is 0 Å². The van der Waals surface area contributed by atoms with Gasteiger partial charge in [0.2, 0.25) is 11.9 Å². The zero-order chi connectivity index (χ0) is 11.1. The Morgan fingerprint density at radius 3 is 2.43 bits per heavy atom. The van der Waals surface area contributed by atoms with E-state index in [1.54, 1.807) is 0 Å². The van der Waals surface area contributed by atoms with Crippen molar-refractivity contribution in [2.24, 2.45) is 16.6 Å². The minimum Gasteiger partial charge on any atom is -0.369 e. The Kier molecular flexibility index (Phi) is 4.68. The molecular weight excluding hydrogens is 188 g/mol. The van der Waals surface area contributed by atoms with Crippen molar-refractivity contribution < 1.29 is 9.59 Å². The lowest BCUT2D eigenvalue weighted by molar-refractivity contribution is -0.121. The zero-order valence-corrected chi connectivity index (χ0v) is 7.63. The molecule has 0 aromatic carbocycles. The Morgan fingerprint density at radius 1 is 1.43 bits per heavy atom. The number of carbonyl (C=O) groups excluding carboxylic acids is 2. The summed E-state index contributed by atoms with van der Waals surface area (Å²) in [6, 6.07) is 0. The molecule has 0 aromatic rings. The Hall–Kier alpha value is -2.12. The van der Waals surface area contributed by atoms with Gasteiger partial charge < -0.3 is 16.8 Å². The van der Waals surface area contributed by atoms with Crippen LogP contribution in [0.15, 0.2) is 5.10 Å². The van der Waals surface area contributed by atoms with Gasteiger partial charge in [0.05, 0.1) is 6.54 Å². The number of hydrazone groups is 1. The van der Waals surface area contributed by atoms with Gasteiger partial charge in [0.15, 0.2) is 0 Å². The highest BCUT2D eigenvalue weighted by Crippen LogP contribution is 1.75. The van der Waals surface area contributed by atoms with Crippen LogP contribution in [-0.4, -0.2) is 30.0 Å². The van der Waals surface area contributed by atoms with Crippen molar-refractivity contribution in [3.8, 4) is 0 Å². The van der Waals surface area contributed by atoms with Crippen LogP contribution in [0.3, 0.4) is 0 Å². The molecule has 0 saturated carbocycles. The maximum Gasteiger partial charge on any atom is 0.267 e. The van der Waals surface area contributed by atoms with Crippen LogP contribution < -0.4 is 22.2 Å². The van der Waals surface area contributed by atoms with Crippen LogP contribution in [0.25, 0.3) is 0 Å². The second-order valence-electron chi connectivity index (χ2n) is 2.37. The van der Waals surface area contributed by atoms with E-state index in [9.17, 15) is 9.59 Å². The fourth-order valence-corrected chi connectivity index (χ4v) is 0.490. The van der Waals surface area contributed by atoms with E-state index in [1.807, 2.05) is 0 Å². The maximum absolute atomic E-state index is 11.1. The quantitative estimate of drug-likeness (QED) is 0.193. The monoisotopic (exact) mass is 200 g/mol. The predicted molar refractivity (Wildman–Crippen MR) is 50.4 cm³/mol. The highest BCUT2D eigenvalue weighted by molar-refractivity contribution is 6.38. The molecule has 0 fully saturated rings. The van der Waals surface area contributed by atoms with E-state index in [0.717, 1.165) is 0 Å². The van der Waals surface area contributed by atoms with Gasteiger partial charge >= 0.3 is 0 Å². The van der Waals surface area contributed by atoms with Crippen LogP contribution in [0.2, 0.25) is 0 Å². The lowest BCUT2D eigenvalue weighted by Gasteiger charge is -2.02. The molecule has 0 heterocycles. The summed E-state index contributed by atoms with van der Waals surface area (Å²) in [6.07, 6.45) is 0. The molecule has 0 spiro atoms. The maximum atomic E-state index is 11.1. The van der Waals surface area contributed by atoms with Gasteiger partial charge in [0.1, 0.15) is 5.71 Å². The zero-order valence-electron chi connectivity index (χ0n) is 7.63. The third-order valence-electron chi connectivity index (χ3n) is 1.10. The number of hydrogen-bond acceptors (Lipinski definition) is 4. The summed E-state index contributed by atoms with van der Waals surface area (Å²) < 4.78 is 0. The van der Waals surface area contributed by atoms with Crippen LogP contribution >= 0.6 is 0 Å². The summed E-state index contributed by atoms with van der Waals surface area (Å²) in [4.78, 5) is 21.3. The van der Waals surface area contributed by atoms with Gasteiger partial charge in [0.25, 0.3) is 5.91 Å². The lowest BCUT2D eigenvalue weighted by atomic mass is 10.4. The van der Waals surface area contributed by atoms with E-state index in [0.29, 0.717) is 0 Å². The largest absolute Gasteiger partial charge is 0.369 e. The molecule has 7 N–H and O–H groups in total. The smallest absolute Gasteiger partial charge is 0.267 e. The van der Waals surface area contributed by atoms with Gasteiger partial charge in [0, 0.05) is 0 Å². The highest BCUT2D eigenvalue weighted by Gasteiger charge is 2.06. The average molecular weight is 200 g/mol. The van der Waals surface area contributed by atoms with Gasteiger partial charge in [-0.3, -0.25) is 15.0 Å². The third kappa shape index (κ3) is 5.52. The molecule has 14 heavy (non-hydrogen) atoms. The number of amides is 2. The number of nitrogens with zero attached hydrogens (tertiary/aromatic N) is 1. The first-order valence-electron chi connectivity index (χ1n) is 3.64. The fourth-order valence-electron chi connectivity index (χ4n) is 0.490. The summed E-state index contributed by atoms with van der Waals surface area (Å²) in [5.74, 6) is -1.59. The van der Waals surface area contributed by atoms with Crippen LogP contribution in [0.4, 0.5) is 0 Å². The first-order chi connectivity index (χ1) is 6.43. The summed E-state index contributed by atoms with van der Waals surface area (Å²) in [6.45, 7) is 1.14. The molecule has 0 rings (SSSR count). The van der Waals surface area contributed by atoms with E-state index in [2.05, 4.69) is 15.8 Å². The van der Waals surface area contributed by atoms with Crippen molar-refractivity contribution in [3.63, 3.8) is 0 Å². The molecule has 8 nitrogen and oxygen atoms in total. The van der Waals surface area contributed by atoms with Gasteiger partial charge in [-0.2, -0.15) is 5.10 Å². The van der Waals surface area contributed by atoms with E-state index in [-0.39, 0.29) is 18.2 Å². The molecule has 0 unspecified atom stereocenters. The van der Waals surface area contributed by atoms with E-state index >= 15 is 0 Å². The summed E-state index contributed by atoms with van der Waals surface area (Å²) in [5, 5.41) is 12.4. The van der Waals surface area contributed by atoms with Gasteiger partial charge in [-0.25, -0.2) is 5.43 Å². The molecule has 2 amide bonds. The first-order valence-corrected chi connectivity index (χ1v) is 3.64. The van der Waals surface area contributed by atoms with Crippen molar-refractivity contribution in [2.75, 3.05) is 6.54 Å². The lowest BCUT2D eigenvalue weighted by Crippen LogP contribution is -2.38.